The highest BCUT2D eigenvalue weighted by atomic mass is 16.3. The van der Waals surface area contributed by atoms with Gasteiger partial charge in [-0.3, -0.25) is 0 Å². The quantitative estimate of drug-likeness (QED) is 0.645. The summed E-state index contributed by atoms with van der Waals surface area (Å²) in [5.41, 5.74) is -0.388. The Bertz CT molecular complexity index is 410. The van der Waals surface area contributed by atoms with Crippen molar-refractivity contribution >= 4 is 0 Å². The fourth-order valence-corrected chi connectivity index (χ4v) is 2.91. The smallest absolute Gasteiger partial charge is 0.115 e. The third kappa shape index (κ3) is 2.51. The lowest BCUT2D eigenvalue weighted by atomic mass is 9.70. The summed E-state index contributed by atoms with van der Waals surface area (Å²) in [7, 11) is 1.86. The number of phenolic OH excluding ortho intramolecular Hbond substituents is 1. The van der Waals surface area contributed by atoms with Gasteiger partial charge in [0.05, 0.1) is 11.7 Å². The SMILES string of the molecule is CNCC1CCC(O)CC1(O)c1cccc(O)c1. The average molecular weight is 251 g/mol. The first kappa shape index (κ1) is 13.3. The van der Waals surface area contributed by atoms with E-state index in [9.17, 15) is 15.3 Å². The molecule has 1 aliphatic rings. The molecule has 2 rings (SSSR count). The van der Waals surface area contributed by atoms with Gasteiger partial charge in [-0.05, 0) is 37.6 Å². The molecule has 0 saturated heterocycles. The molecule has 0 spiro atoms. The van der Waals surface area contributed by atoms with E-state index in [4.69, 9.17) is 0 Å². The van der Waals surface area contributed by atoms with E-state index in [2.05, 4.69) is 5.32 Å². The average Bonchev–Trinajstić information content (AvgIpc) is 2.33. The molecule has 4 N–H and O–H groups in total. The lowest BCUT2D eigenvalue weighted by Gasteiger charge is -2.42. The van der Waals surface area contributed by atoms with Gasteiger partial charge in [-0.15, -0.1) is 0 Å². The maximum Gasteiger partial charge on any atom is 0.115 e. The van der Waals surface area contributed by atoms with Crippen molar-refractivity contribution in [2.24, 2.45) is 5.92 Å². The lowest BCUT2D eigenvalue weighted by Crippen LogP contribution is -2.46. The first-order chi connectivity index (χ1) is 8.56. The second kappa shape index (κ2) is 5.26. The van der Waals surface area contributed by atoms with Crippen LogP contribution in [0.1, 0.15) is 24.8 Å². The van der Waals surface area contributed by atoms with Crippen molar-refractivity contribution < 1.29 is 15.3 Å². The zero-order chi connectivity index (χ0) is 13.2. The molecule has 0 heterocycles. The van der Waals surface area contributed by atoms with Crippen LogP contribution in [0.25, 0.3) is 0 Å². The zero-order valence-electron chi connectivity index (χ0n) is 10.6. The topological polar surface area (TPSA) is 72.7 Å². The van der Waals surface area contributed by atoms with Crippen LogP contribution in [0.5, 0.6) is 5.75 Å². The second-order valence-corrected chi connectivity index (χ2v) is 5.16. The van der Waals surface area contributed by atoms with Gasteiger partial charge in [0.1, 0.15) is 5.75 Å². The summed E-state index contributed by atoms with van der Waals surface area (Å²) in [5.74, 6) is 0.192. The number of rotatable bonds is 3. The van der Waals surface area contributed by atoms with E-state index in [0.29, 0.717) is 24.9 Å². The maximum absolute atomic E-state index is 10.9. The minimum Gasteiger partial charge on any atom is -0.508 e. The fourth-order valence-electron chi connectivity index (χ4n) is 2.91. The van der Waals surface area contributed by atoms with Crippen molar-refractivity contribution in [3.05, 3.63) is 29.8 Å². The second-order valence-electron chi connectivity index (χ2n) is 5.16. The van der Waals surface area contributed by atoms with Crippen LogP contribution in [0, 0.1) is 5.92 Å². The van der Waals surface area contributed by atoms with Crippen molar-refractivity contribution in [1.29, 1.82) is 0 Å². The molecule has 0 radical (unpaired) electrons. The van der Waals surface area contributed by atoms with Gasteiger partial charge < -0.3 is 20.6 Å². The van der Waals surface area contributed by atoms with Crippen molar-refractivity contribution in [3.8, 4) is 5.75 Å². The van der Waals surface area contributed by atoms with Crippen LogP contribution < -0.4 is 5.32 Å². The Labute approximate surface area is 107 Å². The van der Waals surface area contributed by atoms with Crippen molar-refractivity contribution in [1.82, 2.24) is 5.32 Å². The van der Waals surface area contributed by atoms with Crippen LogP contribution in [0.15, 0.2) is 24.3 Å². The first-order valence-corrected chi connectivity index (χ1v) is 6.41. The van der Waals surface area contributed by atoms with E-state index in [1.165, 1.54) is 0 Å². The van der Waals surface area contributed by atoms with Gasteiger partial charge >= 0.3 is 0 Å². The minimum absolute atomic E-state index is 0.0488. The Morgan fingerprint density at radius 2 is 2.17 bits per heavy atom. The van der Waals surface area contributed by atoms with Crippen LogP contribution in [0.3, 0.4) is 0 Å². The third-order valence-corrected chi connectivity index (χ3v) is 3.87. The Hall–Kier alpha value is -1.10. The van der Waals surface area contributed by atoms with Gasteiger partial charge in [-0.1, -0.05) is 12.1 Å². The highest BCUT2D eigenvalue weighted by Gasteiger charge is 2.43. The molecule has 1 aromatic carbocycles. The largest absolute Gasteiger partial charge is 0.508 e. The number of hydrogen-bond donors (Lipinski definition) is 4. The van der Waals surface area contributed by atoms with Crippen LogP contribution in [-0.2, 0) is 5.60 Å². The standard InChI is InChI=1S/C14H21NO3/c1-15-9-11-5-6-13(17)8-14(11,18)10-3-2-4-12(16)7-10/h2-4,7,11,13,15-18H,5-6,8-9H2,1H3. The number of hydrogen-bond acceptors (Lipinski definition) is 4. The zero-order valence-corrected chi connectivity index (χ0v) is 10.6. The maximum atomic E-state index is 10.9. The van der Waals surface area contributed by atoms with E-state index >= 15 is 0 Å². The van der Waals surface area contributed by atoms with Crippen LogP contribution in [-0.4, -0.2) is 35.0 Å². The van der Waals surface area contributed by atoms with Crippen LogP contribution in [0.2, 0.25) is 0 Å². The number of nitrogens with one attached hydrogen (secondary N) is 1. The molecule has 0 aromatic heterocycles. The number of aromatic hydroxyl groups is 1. The number of benzene rings is 1. The predicted octanol–water partition coefficient (Wildman–Crippen LogP) is 0.960. The van der Waals surface area contributed by atoms with E-state index in [-0.39, 0.29) is 11.7 Å². The molecule has 1 fully saturated rings. The summed E-state index contributed by atoms with van der Waals surface area (Å²) in [6.45, 7) is 0.693. The van der Waals surface area contributed by atoms with E-state index in [1.54, 1.807) is 24.3 Å². The third-order valence-electron chi connectivity index (χ3n) is 3.87. The molecule has 0 bridgehead atoms. The number of phenols is 1. The molecule has 100 valence electrons. The van der Waals surface area contributed by atoms with Crippen molar-refractivity contribution in [2.75, 3.05) is 13.6 Å². The summed E-state index contributed by atoms with van der Waals surface area (Å²) in [4.78, 5) is 0. The minimum atomic E-state index is -1.07. The molecular weight excluding hydrogens is 230 g/mol. The van der Waals surface area contributed by atoms with Crippen LogP contribution >= 0.6 is 0 Å². The van der Waals surface area contributed by atoms with E-state index < -0.39 is 11.7 Å². The number of aliphatic hydroxyl groups excluding tert-OH is 1. The highest BCUT2D eigenvalue weighted by molar-refractivity contribution is 5.32. The molecule has 3 atom stereocenters. The summed E-state index contributed by atoms with van der Waals surface area (Å²) in [5, 5.41) is 33.4. The summed E-state index contributed by atoms with van der Waals surface area (Å²) < 4.78 is 0. The molecule has 1 aromatic rings. The molecule has 18 heavy (non-hydrogen) atoms. The molecule has 0 aliphatic heterocycles. The molecule has 3 unspecified atom stereocenters. The summed E-state index contributed by atoms with van der Waals surface area (Å²) in [6, 6.07) is 6.69. The summed E-state index contributed by atoms with van der Waals surface area (Å²) in [6.07, 6.45) is 1.33. The Morgan fingerprint density at radius 1 is 1.39 bits per heavy atom. The van der Waals surface area contributed by atoms with Crippen LogP contribution in [0.4, 0.5) is 0 Å². The Balaban J connectivity index is 2.33. The molecule has 1 saturated carbocycles. The molecule has 4 heteroatoms. The normalized spacial score (nSPS) is 32.4. The van der Waals surface area contributed by atoms with Crippen molar-refractivity contribution in [3.63, 3.8) is 0 Å². The molecule has 4 nitrogen and oxygen atoms in total. The van der Waals surface area contributed by atoms with E-state index in [1.807, 2.05) is 7.05 Å². The van der Waals surface area contributed by atoms with Crippen molar-refractivity contribution in [2.45, 2.75) is 31.0 Å². The summed E-state index contributed by atoms with van der Waals surface area (Å²) >= 11 is 0. The first-order valence-electron chi connectivity index (χ1n) is 6.41. The van der Waals surface area contributed by atoms with Gasteiger partial charge in [0.15, 0.2) is 0 Å². The van der Waals surface area contributed by atoms with Gasteiger partial charge in [0.2, 0.25) is 0 Å². The number of aliphatic hydroxyl groups is 2. The monoisotopic (exact) mass is 251 g/mol. The van der Waals surface area contributed by atoms with Gasteiger partial charge in [-0.2, -0.15) is 0 Å². The van der Waals surface area contributed by atoms with Gasteiger partial charge in [0, 0.05) is 18.9 Å². The fraction of sp³-hybridized carbons (Fsp3) is 0.571. The highest BCUT2D eigenvalue weighted by Crippen LogP contribution is 2.42. The molecular formula is C14H21NO3. The van der Waals surface area contributed by atoms with Gasteiger partial charge in [0.25, 0.3) is 0 Å². The molecule has 0 amide bonds. The molecule has 1 aliphatic carbocycles. The Kier molecular flexibility index (Phi) is 3.90. The lowest BCUT2D eigenvalue weighted by molar-refractivity contribution is -0.0926. The van der Waals surface area contributed by atoms with E-state index in [0.717, 1.165) is 6.42 Å². The predicted molar refractivity (Wildman–Crippen MR) is 69.3 cm³/mol. The van der Waals surface area contributed by atoms with Gasteiger partial charge in [-0.25, -0.2) is 0 Å². The Morgan fingerprint density at radius 3 is 2.83 bits per heavy atom.